The van der Waals surface area contributed by atoms with Crippen LogP contribution in [-0.2, 0) is 33.2 Å². The van der Waals surface area contributed by atoms with Crippen molar-refractivity contribution in [2.45, 2.75) is 50.0 Å². The zero-order valence-corrected chi connectivity index (χ0v) is 32.4. The van der Waals surface area contributed by atoms with Crippen LogP contribution in [0.1, 0.15) is 16.8 Å². The first kappa shape index (κ1) is 46.2. The van der Waals surface area contributed by atoms with Gasteiger partial charge in [0.1, 0.15) is 0 Å². The molecule has 0 N–H and O–H groups in total. The average molecular weight is 757 g/mol. The quantitative estimate of drug-likeness (QED) is 0.0263. The van der Waals surface area contributed by atoms with Crippen molar-refractivity contribution in [3.05, 3.63) is 39.9 Å². The van der Waals surface area contributed by atoms with E-state index in [0.717, 1.165) is 0 Å². The fourth-order valence-electron chi connectivity index (χ4n) is 3.90. The van der Waals surface area contributed by atoms with E-state index in [0.29, 0.717) is 70.5 Å². The van der Waals surface area contributed by atoms with Gasteiger partial charge in [-0.15, -0.1) is 0 Å². The van der Waals surface area contributed by atoms with Crippen molar-refractivity contribution in [2.75, 3.05) is 72.7 Å². The molecule has 0 fully saturated rings. The maximum absolute atomic E-state index is 12.5. The first-order valence-electron chi connectivity index (χ1n) is 15.7. The topological polar surface area (TPSA) is 174 Å². The molecular formula is C26H47B4N5O10P4. The molecule has 0 heterocycles. The number of ketones is 1. The molecule has 1 aromatic rings. The van der Waals surface area contributed by atoms with E-state index < -0.39 is 11.0 Å². The molecular weight excluding hydrogens is 709 g/mol. The summed E-state index contributed by atoms with van der Waals surface area (Å²) in [7, 11) is 16.2. The van der Waals surface area contributed by atoms with Crippen LogP contribution in [0.3, 0.4) is 0 Å². The molecule has 0 aliphatic heterocycles. The summed E-state index contributed by atoms with van der Waals surface area (Å²) in [4.78, 5) is 22.9. The normalized spacial score (nSPS) is 13.4. The number of rotatable bonds is 32. The number of hydrogen-bond donors (Lipinski definition) is 0. The second-order valence-electron chi connectivity index (χ2n) is 10.2. The van der Waals surface area contributed by atoms with Gasteiger partial charge >= 0.3 is 281 Å². The number of non-ortho nitro benzene ring substituents is 1. The summed E-state index contributed by atoms with van der Waals surface area (Å²) in [5.41, 5.74) is 0.313. The van der Waals surface area contributed by atoms with Gasteiger partial charge in [-0.2, -0.15) is 0 Å². The summed E-state index contributed by atoms with van der Waals surface area (Å²) in [6.45, 7) is 3.60. The zero-order valence-electron chi connectivity index (χ0n) is 27.8. The van der Waals surface area contributed by atoms with Crippen LogP contribution in [0.15, 0.2) is 42.9 Å². The molecule has 1 aromatic carbocycles. The number of carbonyl (C=O) groups is 1. The van der Waals surface area contributed by atoms with Crippen LogP contribution < -0.4 is 0 Å². The van der Waals surface area contributed by atoms with Gasteiger partial charge in [-0.3, -0.25) is 10.1 Å². The monoisotopic (exact) mass is 757 g/mol. The molecule has 0 saturated heterocycles. The number of ether oxygens (including phenoxy) is 7. The average Bonchev–Trinajstić information content (AvgIpc) is 3.11. The van der Waals surface area contributed by atoms with Gasteiger partial charge in [0.2, 0.25) is 0 Å². The first-order chi connectivity index (χ1) is 23.9. The zero-order chi connectivity index (χ0) is 35.8. The van der Waals surface area contributed by atoms with Gasteiger partial charge in [-0.05, 0) is 0 Å². The third-order valence-electron chi connectivity index (χ3n) is 6.31. The van der Waals surface area contributed by atoms with Crippen LogP contribution in [0.25, 0.3) is 0 Å². The predicted molar refractivity (Wildman–Crippen MR) is 205 cm³/mol. The van der Waals surface area contributed by atoms with Crippen LogP contribution in [-0.4, -0.2) is 130 Å². The summed E-state index contributed by atoms with van der Waals surface area (Å²) in [5.74, 6) is -0.176. The van der Waals surface area contributed by atoms with E-state index in [9.17, 15) is 14.9 Å². The second-order valence-corrected chi connectivity index (χ2v) is 11.4. The summed E-state index contributed by atoms with van der Waals surface area (Å²) in [6.07, 6.45) is 1.68. The van der Waals surface area contributed by atoms with Crippen LogP contribution >= 0.6 is 37.6 Å². The molecule has 0 aliphatic rings. The van der Waals surface area contributed by atoms with Crippen LogP contribution in [0.2, 0.25) is 25.3 Å². The minimum atomic E-state index is -0.508. The van der Waals surface area contributed by atoms with Crippen molar-refractivity contribution in [1.82, 2.24) is 0 Å². The van der Waals surface area contributed by atoms with Crippen molar-refractivity contribution in [2.24, 2.45) is 18.7 Å². The summed E-state index contributed by atoms with van der Waals surface area (Å²) < 4.78 is 57.0. The van der Waals surface area contributed by atoms with Crippen LogP contribution in [0, 0.1) is 10.1 Å². The summed E-state index contributed by atoms with van der Waals surface area (Å²) >= 11 is 0. The van der Waals surface area contributed by atoms with E-state index in [1.54, 1.807) is 28.3 Å². The van der Waals surface area contributed by atoms with Crippen molar-refractivity contribution in [3.8, 4) is 0 Å². The number of hydrogen-bond acceptors (Lipinski definition) is 14. The molecule has 0 saturated carbocycles. The molecule has 49 heavy (non-hydrogen) atoms. The van der Waals surface area contributed by atoms with Gasteiger partial charge in [0, 0.05) is 0 Å². The Kier molecular flexibility index (Phi) is 31.2. The third-order valence-corrected chi connectivity index (χ3v) is 7.15. The Hall–Kier alpha value is -0.810. The van der Waals surface area contributed by atoms with Crippen molar-refractivity contribution in [1.29, 1.82) is 0 Å². The van der Waals surface area contributed by atoms with Gasteiger partial charge in [-0.25, -0.2) is 0 Å². The SMILES string of the molecule is O=C(CCOCC(COCC(COCC(COCCB=NP)OCCB=NP)OCCB=NP)OCCB=NP)c1ccc([N+](=O)[O-])cc1. The number of benzene rings is 1. The Labute approximate surface area is 300 Å². The predicted octanol–water partition coefficient (Wildman–Crippen LogP) is 3.77. The van der Waals surface area contributed by atoms with Gasteiger partial charge in [0.05, 0.1) is 4.92 Å². The first-order valence-corrected chi connectivity index (χ1v) is 17.8. The van der Waals surface area contributed by atoms with E-state index in [2.05, 4.69) is 56.2 Å². The Bertz CT molecular complexity index is 1140. The molecule has 7 atom stereocenters. The van der Waals surface area contributed by atoms with E-state index in [1.807, 2.05) is 0 Å². The third kappa shape index (κ3) is 25.7. The molecule has 268 valence electrons. The fraction of sp³-hybridized carbons (Fsp3) is 0.731. The Balaban J connectivity index is 2.65. The number of nitrogens with zero attached hydrogens (tertiary/aromatic N) is 5. The molecule has 0 aromatic heterocycles. The molecule has 1 rings (SSSR count). The van der Waals surface area contributed by atoms with Gasteiger partial charge in [-0.1, -0.05) is 0 Å². The van der Waals surface area contributed by atoms with E-state index in [4.69, 9.17) is 33.2 Å². The van der Waals surface area contributed by atoms with Crippen molar-refractivity contribution >= 4 is 77.3 Å². The molecule has 0 amide bonds. The Morgan fingerprint density at radius 2 is 0.980 bits per heavy atom. The molecule has 0 spiro atoms. The number of Topliss-reactive ketones (excluding diaryl/α,β-unsaturated/α-hetero) is 1. The van der Waals surface area contributed by atoms with E-state index in [1.165, 1.54) is 24.3 Å². The molecule has 0 radical (unpaired) electrons. The summed E-state index contributed by atoms with van der Waals surface area (Å²) in [6, 6.07) is 5.50. The summed E-state index contributed by atoms with van der Waals surface area (Å²) in [5, 5.41) is 10.9. The van der Waals surface area contributed by atoms with E-state index >= 15 is 0 Å². The standard InChI is InChI=1S/C26H47B4N5O10P4/c36-26(21-1-3-22(4-2-21)35(37)38)5-10-39-15-23(43-12-7-28-32-47)17-41-19-25(45-14-9-30-34-49)20-42-18-24(44-13-8-29-33-48)16-40-11-6-27-31-46/h1-4,23-25H,5-20,46-49H2. The maximum atomic E-state index is 12.5. The number of nitro benzene ring substituents is 1. The van der Waals surface area contributed by atoms with E-state index in [-0.39, 0.29) is 63.1 Å². The minimum absolute atomic E-state index is 0.0721. The Morgan fingerprint density at radius 1 is 0.612 bits per heavy atom. The Morgan fingerprint density at radius 3 is 1.37 bits per heavy atom. The molecule has 7 unspecified atom stereocenters. The van der Waals surface area contributed by atoms with Crippen molar-refractivity contribution in [3.63, 3.8) is 0 Å². The van der Waals surface area contributed by atoms with Crippen LogP contribution in [0.4, 0.5) is 5.69 Å². The molecule has 15 nitrogen and oxygen atoms in total. The molecule has 23 heteroatoms. The van der Waals surface area contributed by atoms with Crippen molar-refractivity contribution < 1.29 is 42.9 Å². The number of nitro groups is 1. The fourth-order valence-corrected chi connectivity index (χ4v) is 4.50. The molecule has 0 bridgehead atoms. The number of carbonyl (C=O) groups excluding carboxylic acids is 1. The van der Waals surface area contributed by atoms with Gasteiger partial charge < -0.3 is 0 Å². The second kappa shape index (κ2) is 33.1. The van der Waals surface area contributed by atoms with Gasteiger partial charge in [0.25, 0.3) is 5.69 Å². The van der Waals surface area contributed by atoms with Gasteiger partial charge in [0.15, 0.2) is 0 Å². The molecule has 0 aliphatic carbocycles. The van der Waals surface area contributed by atoms with Crippen LogP contribution in [0.5, 0.6) is 0 Å².